The number of halogens is 1. The van der Waals surface area contributed by atoms with E-state index in [9.17, 15) is 13.2 Å². The number of nitrogens with one attached hydrogen (secondary N) is 2. The fourth-order valence-electron chi connectivity index (χ4n) is 1.40. The van der Waals surface area contributed by atoms with Crippen LogP contribution in [0.2, 0.25) is 0 Å². The highest BCUT2D eigenvalue weighted by Gasteiger charge is 2.23. The molecule has 0 aliphatic carbocycles. The summed E-state index contributed by atoms with van der Waals surface area (Å²) >= 11 is 3.15. The molecule has 0 bridgehead atoms. The fraction of sp³-hybridized carbons (Fsp3) is 0.364. The van der Waals surface area contributed by atoms with Crippen LogP contribution in [0, 0.1) is 0 Å². The Morgan fingerprint density at radius 3 is 2.68 bits per heavy atom. The smallest absolute Gasteiger partial charge is 0.242 e. The minimum atomic E-state index is -3.81. The van der Waals surface area contributed by atoms with Gasteiger partial charge in [-0.1, -0.05) is 0 Å². The maximum absolute atomic E-state index is 12.1. The van der Waals surface area contributed by atoms with Gasteiger partial charge in [-0.15, -0.1) is 0 Å². The summed E-state index contributed by atoms with van der Waals surface area (Å²) in [5.74, 6) is -0.383. The number of sulfonamides is 1. The molecule has 0 aromatic heterocycles. The van der Waals surface area contributed by atoms with Crippen molar-refractivity contribution < 1.29 is 13.2 Å². The minimum Gasteiger partial charge on any atom is -0.399 e. The van der Waals surface area contributed by atoms with Crippen LogP contribution in [0.5, 0.6) is 0 Å². The van der Waals surface area contributed by atoms with E-state index < -0.39 is 16.1 Å². The number of hydrogen-bond donors (Lipinski definition) is 3. The third-order valence-electron chi connectivity index (χ3n) is 2.32. The van der Waals surface area contributed by atoms with E-state index in [1.807, 2.05) is 0 Å². The zero-order chi connectivity index (χ0) is 14.6. The van der Waals surface area contributed by atoms with Gasteiger partial charge in [-0.2, -0.15) is 4.72 Å². The molecule has 0 aliphatic heterocycles. The van der Waals surface area contributed by atoms with Gasteiger partial charge >= 0.3 is 0 Å². The number of nitrogen functional groups attached to an aromatic ring is 1. The number of rotatable bonds is 5. The normalized spacial score (nSPS) is 13.0. The van der Waals surface area contributed by atoms with Crippen LogP contribution in [0.25, 0.3) is 0 Å². The number of nitrogens with two attached hydrogens (primary N) is 1. The SMILES string of the molecule is CCNC(=O)C(C)NS(=O)(=O)c1cc(N)ccc1Br. The zero-order valence-electron chi connectivity index (χ0n) is 10.6. The summed E-state index contributed by atoms with van der Waals surface area (Å²) in [6.45, 7) is 3.67. The molecule has 0 saturated carbocycles. The molecule has 0 aliphatic rings. The fourth-order valence-corrected chi connectivity index (χ4v) is 3.60. The van der Waals surface area contributed by atoms with Gasteiger partial charge in [0.05, 0.1) is 10.9 Å². The lowest BCUT2D eigenvalue weighted by Gasteiger charge is -2.14. The van der Waals surface area contributed by atoms with Gasteiger partial charge < -0.3 is 11.1 Å². The van der Waals surface area contributed by atoms with Crippen LogP contribution >= 0.6 is 15.9 Å². The van der Waals surface area contributed by atoms with Gasteiger partial charge in [-0.05, 0) is 48.0 Å². The second-order valence-corrected chi connectivity index (χ2v) is 6.46. The molecule has 4 N–H and O–H groups in total. The van der Waals surface area contributed by atoms with Crippen molar-refractivity contribution in [3.8, 4) is 0 Å². The number of likely N-dealkylation sites (N-methyl/N-ethyl adjacent to an activating group) is 1. The Balaban J connectivity index is 2.99. The Kier molecular flexibility index (Phi) is 5.33. The number of hydrogen-bond acceptors (Lipinski definition) is 4. The van der Waals surface area contributed by atoms with Crippen molar-refractivity contribution >= 4 is 37.5 Å². The molecule has 0 fully saturated rings. The van der Waals surface area contributed by atoms with E-state index in [1.165, 1.54) is 13.0 Å². The highest BCUT2D eigenvalue weighted by molar-refractivity contribution is 9.10. The molecule has 106 valence electrons. The van der Waals surface area contributed by atoms with E-state index in [1.54, 1.807) is 19.1 Å². The molecule has 0 saturated heterocycles. The van der Waals surface area contributed by atoms with Crippen molar-refractivity contribution in [3.63, 3.8) is 0 Å². The van der Waals surface area contributed by atoms with Crippen molar-refractivity contribution in [1.82, 2.24) is 10.0 Å². The van der Waals surface area contributed by atoms with Gasteiger partial charge in [0.15, 0.2) is 0 Å². The average Bonchev–Trinajstić information content (AvgIpc) is 2.31. The van der Waals surface area contributed by atoms with E-state index in [0.29, 0.717) is 16.7 Å². The number of carbonyl (C=O) groups is 1. The Hall–Kier alpha value is -1.12. The molecule has 1 aromatic rings. The molecule has 1 unspecified atom stereocenters. The van der Waals surface area contributed by atoms with Crippen LogP contribution in [0.3, 0.4) is 0 Å². The third kappa shape index (κ3) is 4.19. The van der Waals surface area contributed by atoms with Gasteiger partial charge in [0, 0.05) is 16.7 Å². The molecular formula is C11H16BrN3O3S. The second kappa shape index (κ2) is 6.36. The van der Waals surface area contributed by atoms with Crippen molar-refractivity contribution in [1.29, 1.82) is 0 Å². The maximum atomic E-state index is 12.1. The molecule has 1 atom stereocenters. The monoisotopic (exact) mass is 349 g/mol. The quantitative estimate of drug-likeness (QED) is 0.685. The summed E-state index contributed by atoms with van der Waals surface area (Å²) in [5, 5.41) is 2.54. The van der Waals surface area contributed by atoms with Crippen molar-refractivity contribution in [2.75, 3.05) is 12.3 Å². The Labute approximate surface area is 120 Å². The van der Waals surface area contributed by atoms with Crippen molar-refractivity contribution in [2.45, 2.75) is 24.8 Å². The van der Waals surface area contributed by atoms with Crippen LogP contribution < -0.4 is 15.8 Å². The van der Waals surface area contributed by atoms with E-state index in [-0.39, 0.29) is 10.8 Å². The Bertz CT molecular complexity index is 575. The molecule has 0 spiro atoms. The number of benzene rings is 1. The summed E-state index contributed by atoms with van der Waals surface area (Å²) in [4.78, 5) is 11.5. The zero-order valence-corrected chi connectivity index (χ0v) is 13.0. The topological polar surface area (TPSA) is 101 Å². The second-order valence-electron chi connectivity index (χ2n) is 3.93. The first-order chi connectivity index (χ1) is 8.77. The number of anilines is 1. The molecule has 6 nitrogen and oxygen atoms in total. The average molecular weight is 350 g/mol. The lowest BCUT2D eigenvalue weighted by molar-refractivity contribution is -0.122. The summed E-state index contributed by atoms with van der Waals surface area (Å²) in [6, 6.07) is 3.59. The van der Waals surface area contributed by atoms with Crippen LogP contribution in [-0.4, -0.2) is 26.9 Å². The van der Waals surface area contributed by atoms with E-state index in [2.05, 4.69) is 26.0 Å². The first-order valence-corrected chi connectivity index (χ1v) is 7.90. The standard InChI is InChI=1S/C11H16BrN3O3S/c1-3-14-11(16)7(2)15-19(17,18)10-6-8(13)4-5-9(10)12/h4-7,15H,3,13H2,1-2H3,(H,14,16). The molecule has 1 amide bonds. The number of carbonyl (C=O) groups excluding carboxylic acids is 1. The summed E-state index contributed by atoms with van der Waals surface area (Å²) in [6.07, 6.45) is 0. The summed E-state index contributed by atoms with van der Waals surface area (Å²) in [7, 11) is -3.81. The van der Waals surface area contributed by atoms with E-state index in [4.69, 9.17) is 5.73 Å². The van der Waals surface area contributed by atoms with E-state index >= 15 is 0 Å². The molecular weight excluding hydrogens is 334 g/mol. The van der Waals surface area contributed by atoms with Gasteiger partial charge in [-0.3, -0.25) is 4.79 Å². The Morgan fingerprint density at radius 2 is 2.11 bits per heavy atom. The van der Waals surface area contributed by atoms with Gasteiger partial charge in [0.25, 0.3) is 0 Å². The molecule has 1 rings (SSSR count). The first-order valence-electron chi connectivity index (χ1n) is 5.63. The van der Waals surface area contributed by atoms with Gasteiger partial charge in [0.2, 0.25) is 15.9 Å². The molecule has 1 aromatic carbocycles. The highest BCUT2D eigenvalue weighted by atomic mass is 79.9. The lowest BCUT2D eigenvalue weighted by atomic mass is 10.3. The molecule has 19 heavy (non-hydrogen) atoms. The van der Waals surface area contributed by atoms with Crippen LogP contribution in [0.15, 0.2) is 27.6 Å². The predicted octanol–water partition coefficient (Wildman–Crippen LogP) is 0.834. The first kappa shape index (κ1) is 15.9. The Morgan fingerprint density at radius 1 is 1.47 bits per heavy atom. The van der Waals surface area contributed by atoms with Crippen LogP contribution in [0.1, 0.15) is 13.8 Å². The maximum Gasteiger partial charge on any atom is 0.242 e. The molecule has 0 heterocycles. The summed E-state index contributed by atoms with van der Waals surface area (Å²) < 4.78 is 27.0. The number of amides is 1. The summed E-state index contributed by atoms with van der Waals surface area (Å²) in [5.41, 5.74) is 5.90. The van der Waals surface area contributed by atoms with Crippen LogP contribution in [-0.2, 0) is 14.8 Å². The highest BCUT2D eigenvalue weighted by Crippen LogP contribution is 2.24. The lowest BCUT2D eigenvalue weighted by Crippen LogP contribution is -2.44. The van der Waals surface area contributed by atoms with Crippen molar-refractivity contribution in [3.05, 3.63) is 22.7 Å². The van der Waals surface area contributed by atoms with Gasteiger partial charge in [0.1, 0.15) is 0 Å². The molecule has 8 heteroatoms. The van der Waals surface area contributed by atoms with E-state index in [0.717, 1.165) is 0 Å². The largest absolute Gasteiger partial charge is 0.399 e. The molecule has 0 radical (unpaired) electrons. The third-order valence-corrected chi connectivity index (χ3v) is 4.86. The van der Waals surface area contributed by atoms with Gasteiger partial charge in [-0.25, -0.2) is 8.42 Å². The predicted molar refractivity (Wildman–Crippen MR) is 77.0 cm³/mol. The van der Waals surface area contributed by atoms with Crippen LogP contribution in [0.4, 0.5) is 5.69 Å². The van der Waals surface area contributed by atoms with Crippen molar-refractivity contribution in [2.24, 2.45) is 0 Å². The minimum absolute atomic E-state index is 0.00338.